The monoisotopic (exact) mass is 360 g/mol. The number of hydrogen-bond donors (Lipinski definition) is 1. The molecule has 8 heteroatoms. The van der Waals surface area contributed by atoms with E-state index >= 15 is 0 Å². The molecule has 1 aromatic carbocycles. The number of benzene rings is 1. The molecule has 24 heavy (non-hydrogen) atoms. The van der Waals surface area contributed by atoms with Crippen molar-refractivity contribution >= 4 is 46.0 Å². The van der Waals surface area contributed by atoms with Crippen LogP contribution in [0.1, 0.15) is 28.8 Å². The van der Waals surface area contributed by atoms with E-state index in [4.69, 9.17) is 22.6 Å². The second kappa shape index (κ2) is 7.86. The summed E-state index contributed by atoms with van der Waals surface area (Å²) in [4.78, 5) is 36.5. The Labute approximate surface area is 147 Å². The quantitative estimate of drug-likeness (QED) is 0.472. The van der Waals surface area contributed by atoms with Crippen LogP contribution < -0.4 is 0 Å². The van der Waals surface area contributed by atoms with Crippen molar-refractivity contribution in [2.75, 3.05) is 6.54 Å². The molecule has 122 valence electrons. The van der Waals surface area contributed by atoms with Crippen LogP contribution in [0.25, 0.3) is 0 Å². The summed E-state index contributed by atoms with van der Waals surface area (Å²) in [6.45, 7) is 0.208. The predicted molar refractivity (Wildman–Crippen MR) is 92.3 cm³/mol. The third-order valence-electron chi connectivity index (χ3n) is 3.21. The van der Waals surface area contributed by atoms with Gasteiger partial charge in [-0.15, -0.1) is 0 Å². The Bertz CT molecular complexity index is 778. The average Bonchev–Trinajstić information content (AvgIpc) is 2.82. The maximum Gasteiger partial charge on any atom is 0.303 e. The summed E-state index contributed by atoms with van der Waals surface area (Å²) in [6, 6.07) is 8.05. The molecule has 1 N–H and O–H groups in total. The topological polar surface area (TPSA) is 98.5 Å². The molecule has 0 bridgehead atoms. The van der Waals surface area contributed by atoms with Gasteiger partial charge in [0.2, 0.25) is 0 Å². The smallest absolute Gasteiger partial charge is 0.303 e. The van der Waals surface area contributed by atoms with Crippen LogP contribution in [0, 0.1) is 11.3 Å². The number of ketones is 1. The highest BCUT2D eigenvalue weighted by Gasteiger charge is 2.32. The highest BCUT2D eigenvalue weighted by Crippen LogP contribution is 2.31. The molecule has 2 rings (SSSR count). The minimum atomic E-state index is -0.938. The fourth-order valence-electron chi connectivity index (χ4n) is 1.99. The number of aliphatic carboxylic acids is 1. The van der Waals surface area contributed by atoms with Crippen molar-refractivity contribution in [2.45, 2.75) is 12.8 Å². The van der Waals surface area contributed by atoms with Gasteiger partial charge in [0.1, 0.15) is 4.32 Å². The van der Waals surface area contributed by atoms with Crippen molar-refractivity contribution in [3.8, 4) is 6.07 Å². The number of amides is 1. The van der Waals surface area contributed by atoms with Crippen LogP contribution in [-0.2, 0) is 9.59 Å². The van der Waals surface area contributed by atoms with Gasteiger partial charge < -0.3 is 5.11 Å². The first-order valence-corrected chi connectivity index (χ1v) is 8.16. The van der Waals surface area contributed by atoms with E-state index in [1.807, 2.05) is 6.07 Å². The Morgan fingerprint density at radius 3 is 2.58 bits per heavy atom. The Morgan fingerprint density at radius 2 is 2.00 bits per heavy atom. The maximum absolute atomic E-state index is 12.3. The summed E-state index contributed by atoms with van der Waals surface area (Å²) in [5.41, 5.74) is 0.807. The highest BCUT2D eigenvalue weighted by molar-refractivity contribution is 8.26. The molecule has 0 unspecified atom stereocenters. The second-order valence-corrected chi connectivity index (χ2v) is 6.56. The third kappa shape index (κ3) is 4.28. The average molecular weight is 360 g/mol. The molecule has 0 spiro atoms. The van der Waals surface area contributed by atoms with Crippen LogP contribution in [0.4, 0.5) is 0 Å². The summed E-state index contributed by atoms with van der Waals surface area (Å²) >= 11 is 6.13. The lowest BCUT2D eigenvalue weighted by atomic mass is 10.1. The van der Waals surface area contributed by atoms with E-state index in [1.165, 1.54) is 35.2 Å². The van der Waals surface area contributed by atoms with Gasteiger partial charge in [0, 0.05) is 24.6 Å². The molecule has 1 amide bonds. The van der Waals surface area contributed by atoms with Crippen LogP contribution in [0.2, 0.25) is 0 Å². The molecule has 0 aliphatic carbocycles. The molecule has 0 radical (unpaired) electrons. The molecule has 0 aromatic heterocycles. The number of rotatable bonds is 6. The first-order chi connectivity index (χ1) is 11.4. The Balaban J connectivity index is 2.08. The van der Waals surface area contributed by atoms with Crippen molar-refractivity contribution in [3.63, 3.8) is 0 Å². The van der Waals surface area contributed by atoms with Gasteiger partial charge in [-0.1, -0.05) is 24.0 Å². The van der Waals surface area contributed by atoms with Crippen molar-refractivity contribution in [2.24, 2.45) is 0 Å². The Hall–Kier alpha value is -2.50. The minimum Gasteiger partial charge on any atom is -0.481 e. The van der Waals surface area contributed by atoms with E-state index in [2.05, 4.69) is 0 Å². The largest absolute Gasteiger partial charge is 0.481 e. The van der Waals surface area contributed by atoms with Crippen molar-refractivity contribution < 1.29 is 19.5 Å². The fraction of sp³-hybridized carbons (Fsp3) is 0.188. The van der Waals surface area contributed by atoms with E-state index in [0.717, 1.165) is 11.8 Å². The van der Waals surface area contributed by atoms with Crippen molar-refractivity contribution in [3.05, 3.63) is 46.4 Å². The number of carbonyl (C=O) groups is 3. The lowest BCUT2D eigenvalue weighted by molar-refractivity contribution is -0.137. The number of thioether (sulfide) groups is 1. The zero-order chi connectivity index (χ0) is 17.7. The van der Waals surface area contributed by atoms with Gasteiger partial charge in [-0.2, -0.15) is 5.26 Å². The van der Waals surface area contributed by atoms with Crippen molar-refractivity contribution in [1.82, 2.24) is 4.90 Å². The summed E-state index contributed by atoms with van der Waals surface area (Å²) in [7, 11) is 0. The lowest BCUT2D eigenvalue weighted by Crippen LogP contribution is -2.29. The molecule has 0 saturated carbocycles. The molecular weight excluding hydrogens is 348 g/mol. The standard InChI is InChI=1S/C16H12N2O4S2/c17-9-10-3-5-11(6-4-10)12(19)8-13-15(22)18(16(23)24-13)7-1-2-14(20)21/h3-6,8H,1-2,7H2,(H,20,21). The predicted octanol–water partition coefficient (Wildman–Crippen LogP) is 2.35. The summed E-state index contributed by atoms with van der Waals surface area (Å²) in [6.07, 6.45) is 1.46. The van der Waals surface area contributed by atoms with Crippen LogP contribution >= 0.6 is 24.0 Å². The van der Waals surface area contributed by atoms with E-state index < -0.39 is 11.9 Å². The number of nitrogens with zero attached hydrogens (tertiary/aromatic N) is 2. The molecule has 1 heterocycles. The number of allylic oxidation sites excluding steroid dienone is 1. The van der Waals surface area contributed by atoms with Gasteiger partial charge in [-0.3, -0.25) is 19.3 Å². The first-order valence-electron chi connectivity index (χ1n) is 6.94. The summed E-state index contributed by atoms with van der Waals surface area (Å²) in [5, 5.41) is 17.4. The number of carbonyl (C=O) groups excluding carboxylic acids is 2. The second-order valence-electron chi connectivity index (χ2n) is 4.88. The lowest BCUT2D eigenvalue weighted by Gasteiger charge is -2.13. The zero-order valence-corrected chi connectivity index (χ0v) is 14.0. The molecule has 6 nitrogen and oxygen atoms in total. The van der Waals surface area contributed by atoms with Crippen LogP contribution in [0.3, 0.4) is 0 Å². The molecule has 1 aliphatic heterocycles. The fourth-order valence-corrected chi connectivity index (χ4v) is 3.27. The minimum absolute atomic E-state index is 0.0553. The van der Waals surface area contributed by atoms with Crippen LogP contribution in [0.15, 0.2) is 35.2 Å². The number of hydrogen-bond acceptors (Lipinski definition) is 6. The van der Waals surface area contributed by atoms with E-state index in [9.17, 15) is 14.4 Å². The van der Waals surface area contributed by atoms with Crippen LogP contribution in [0.5, 0.6) is 0 Å². The zero-order valence-electron chi connectivity index (χ0n) is 12.4. The van der Waals surface area contributed by atoms with Gasteiger partial charge in [-0.05, 0) is 30.7 Å². The van der Waals surface area contributed by atoms with Gasteiger partial charge in [-0.25, -0.2) is 0 Å². The third-order valence-corrected chi connectivity index (χ3v) is 4.58. The number of thiocarbonyl (C=S) groups is 1. The number of carboxylic acid groups (broad SMARTS) is 1. The molecule has 1 aliphatic rings. The molecule has 1 fully saturated rings. The molecule has 1 aromatic rings. The van der Waals surface area contributed by atoms with Crippen LogP contribution in [-0.4, -0.2) is 38.5 Å². The van der Waals surface area contributed by atoms with E-state index in [-0.39, 0.29) is 23.7 Å². The highest BCUT2D eigenvalue weighted by atomic mass is 32.2. The molecule has 1 saturated heterocycles. The summed E-state index contributed by atoms with van der Waals surface area (Å²) < 4.78 is 0.310. The van der Waals surface area contributed by atoms with Gasteiger partial charge in [0.15, 0.2) is 5.78 Å². The Morgan fingerprint density at radius 1 is 1.33 bits per heavy atom. The number of carboxylic acids is 1. The van der Waals surface area contributed by atoms with E-state index in [0.29, 0.717) is 21.9 Å². The van der Waals surface area contributed by atoms with Crippen molar-refractivity contribution in [1.29, 1.82) is 5.26 Å². The van der Waals surface area contributed by atoms with Gasteiger partial charge in [0.05, 0.1) is 16.5 Å². The first kappa shape index (κ1) is 17.8. The summed E-state index contributed by atoms with van der Waals surface area (Å²) in [5.74, 6) is -1.69. The normalized spacial score (nSPS) is 15.6. The van der Waals surface area contributed by atoms with Gasteiger partial charge in [0.25, 0.3) is 5.91 Å². The molecular formula is C16H12N2O4S2. The maximum atomic E-state index is 12.3. The molecule has 0 atom stereocenters. The Kier molecular flexibility index (Phi) is 5.84. The number of nitriles is 1. The van der Waals surface area contributed by atoms with E-state index in [1.54, 1.807) is 0 Å². The van der Waals surface area contributed by atoms with Gasteiger partial charge >= 0.3 is 5.97 Å². The SMILES string of the molecule is N#Cc1ccc(C(=O)C=C2SC(=S)N(CCCC(=O)O)C2=O)cc1.